The summed E-state index contributed by atoms with van der Waals surface area (Å²) in [6.07, 6.45) is 5.88. The summed E-state index contributed by atoms with van der Waals surface area (Å²) >= 11 is 0. The molecule has 0 bridgehead atoms. The van der Waals surface area contributed by atoms with Gasteiger partial charge in [-0.1, -0.05) is 13.0 Å². The Bertz CT molecular complexity index is 271. The van der Waals surface area contributed by atoms with Gasteiger partial charge in [-0.2, -0.15) is 0 Å². The highest BCUT2D eigenvalue weighted by Gasteiger charge is 2.20. The van der Waals surface area contributed by atoms with E-state index in [1.807, 2.05) is 18.3 Å². The van der Waals surface area contributed by atoms with Gasteiger partial charge < -0.3 is 5.32 Å². The molecule has 2 heteroatoms. The lowest BCUT2D eigenvalue weighted by Crippen LogP contribution is -2.26. The minimum absolute atomic E-state index is 0.715. The van der Waals surface area contributed by atoms with Gasteiger partial charge in [0.2, 0.25) is 0 Å². The summed E-state index contributed by atoms with van der Waals surface area (Å²) in [4.78, 5) is 4.30. The van der Waals surface area contributed by atoms with Crippen LogP contribution < -0.4 is 5.32 Å². The lowest BCUT2D eigenvalue weighted by molar-refractivity contribution is 0.498. The van der Waals surface area contributed by atoms with Crippen molar-refractivity contribution in [1.29, 1.82) is 0 Å². The third-order valence-corrected chi connectivity index (χ3v) is 2.99. The molecule has 2 rings (SSSR count). The third-order valence-electron chi connectivity index (χ3n) is 2.99. The predicted molar refractivity (Wildman–Crippen MR) is 57.9 cm³/mol. The Morgan fingerprint density at radius 3 is 3.00 bits per heavy atom. The Morgan fingerprint density at radius 1 is 1.43 bits per heavy atom. The fourth-order valence-electron chi connectivity index (χ4n) is 2.14. The van der Waals surface area contributed by atoms with Crippen LogP contribution in [0.15, 0.2) is 24.4 Å². The molecule has 0 radical (unpaired) electrons. The average Bonchev–Trinajstić information content (AvgIpc) is 2.63. The maximum absolute atomic E-state index is 4.30. The summed E-state index contributed by atoms with van der Waals surface area (Å²) in [6, 6.07) is 6.79. The Hall–Kier alpha value is -0.890. The molecule has 1 aromatic rings. The average molecular weight is 190 g/mol. The molecule has 0 aliphatic heterocycles. The highest BCUT2D eigenvalue weighted by molar-refractivity contribution is 5.03. The fourth-order valence-corrected chi connectivity index (χ4v) is 2.14. The second-order valence-electron chi connectivity index (χ2n) is 4.32. The molecule has 0 spiro atoms. The third kappa shape index (κ3) is 2.55. The standard InChI is InChI=1S/C12H18N2/c1-10-5-6-11(8-10)14-9-12-4-2-3-7-13-12/h2-4,7,10-11,14H,5-6,8-9H2,1H3/t10-,11+/m0/s1. The molecule has 1 saturated carbocycles. The first kappa shape index (κ1) is 9.66. The first-order chi connectivity index (χ1) is 6.84. The zero-order valence-corrected chi connectivity index (χ0v) is 8.74. The van der Waals surface area contributed by atoms with Crippen molar-refractivity contribution in [3.8, 4) is 0 Å². The topological polar surface area (TPSA) is 24.9 Å². The second-order valence-corrected chi connectivity index (χ2v) is 4.32. The van der Waals surface area contributed by atoms with Crippen LogP contribution in [0.4, 0.5) is 0 Å². The molecule has 76 valence electrons. The van der Waals surface area contributed by atoms with Crippen LogP contribution in [-0.4, -0.2) is 11.0 Å². The lowest BCUT2D eigenvalue weighted by Gasteiger charge is -2.11. The van der Waals surface area contributed by atoms with E-state index >= 15 is 0 Å². The van der Waals surface area contributed by atoms with E-state index in [1.54, 1.807) is 0 Å². The number of hydrogen-bond donors (Lipinski definition) is 1. The lowest BCUT2D eigenvalue weighted by atomic mass is 10.1. The molecule has 14 heavy (non-hydrogen) atoms. The number of pyridine rings is 1. The van der Waals surface area contributed by atoms with Gasteiger partial charge in [0.1, 0.15) is 0 Å². The Morgan fingerprint density at radius 2 is 2.36 bits per heavy atom. The highest BCUT2D eigenvalue weighted by Crippen LogP contribution is 2.24. The molecule has 1 aliphatic rings. The van der Waals surface area contributed by atoms with Crippen molar-refractivity contribution in [2.75, 3.05) is 0 Å². The van der Waals surface area contributed by atoms with E-state index < -0.39 is 0 Å². The maximum Gasteiger partial charge on any atom is 0.0541 e. The van der Waals surface area contributed by atoms with Crippen molar-refractivity contribution >= 4 is 0 Å². The van der Waals surface area contributed by atoms with Crippen LogP contribution in [0.2, 0.25) is 0 Å². The van der Waals surface area contributed by atoms with Crippen LogP contribution in [0, 0.1) is 5.92 Å². The summed E-state index contributed by atoms with van der Waals surface area (Å²) in [7, 11) is 0. The summed E-state index contributed by atoms with van der Waals surface area (Å²) in [5, 5.41) is 3.57. The molecule has 0 aromatic carbocycles. The van der Waals surface area contributed by atoms with Crippen molar-refractivity contribution in [3.05, 3.63) is 30.1 Å². The SMILES string of the molecule is C[C@H]1CC[C@@H](NCc2ccccn2)C1. The summed E-state index contributed by atoms with van der Waals surface area (Å²) < 4.78 is 0. The van der Waals surface area contributed by atoms with Gasteiger partial charge in [0.25, 0.3) is 0 Å². The van der Waals surface area contributed by atoms with E-state index in [0.717, 1.165) is 18.2 Å². The van der Waals surface area contributed by atoms with E-state index in [-0.39, 0.29) is 0 Å². The predicted octanol–water partition coefficient (Wildman–Crippen LogP) is 2.36. The van der Waals surface area contributed by atoms with Crippen molar-refractivity contribution in [1.82, 2.24) is 10.3 Å². The number of nitrogens with one attached hydrogen (secondary N) is 1. The van der Waals surface area contributed by atoms with Crippen LogP contribution in [-0.2, 0) is 6.54 Å². The largest absolute Gasteiger partial charge is 0.308 e. The molecule has 1 aliphatic carbocycles. The first-order valence-corrected chi connectivity index (χ1v) is 5.48. The van der Waals surface area contributed by atoms with E-state index in [9.17, 15) is 0 Å². The van der Waals surface area contributed by atoms with E-state index in [0.29, 0.717) is 6.04 Å². The zero-order chi connectivity index (χ0) is 9.80. The smallest absolute Gasteiger partial charge is 0.0541 e. The van der Waals surface area contributed by atoms with Gasteiger partial charge in [-0.05, 0) is 37.3 Å². The minimum atomic E-state index is 0.715. The molecule has 1 heterocycles. The number of aromatic nitrogens is 1. The Kier molecular flexibility index (Phi) is 3.14. The molecule has 1 N–H and O–H groups in total. The number of hydrogen-bond acceptors (Lipinski definition) is 2. The molecule has 0 unspecified atom stereocenters. The van der Waals surface area contributed by atoms with E-state index in [2.05, 4.69) is 23.3 Å². The summed E-state index contributed by atoms with van der Waals surface area (Å²) in [5.74, 6) is 0.899. The van der Waals surface area contributed by atoms with Gasteiger partial charge in [0.05, 0.1) is 5.69 Å². The molecule has 1 fully saturated rings. The molecular formula is C12H18N2. The van der Waals surface area contributed by atoms with Crippen molar-refractivity contribution < 1.29 is 0 Å². The van der Waals surface area contributed by atoms with Crippen molar-refractivity contribution in [2.45, 2.75) is 38.8 Å². The van der Waals surface area contributed by atoms with Gasteiger partial charge in [-0.25, -0.2) is 0 Å². The zero-order valence-electron chi connectivity index (χ0n) is 8.74. The van der Waals surface area contributed by atoms with Crippen molar-refractivity contribution in [2.24, 2.45) is 5.92 Å². The molecule has 2 nitrogen and oxygen atoms in total. The molecular weight excluding hydrogens is 172 g/mol. The number of nitrogens with zero attached hydrogens (tertiary/aromatic N) is 1. The summed E-state index contributed by atoms with van der Waals surface area (Å²) in [6.45, 7) is 3.25. The van der Waals surface area contributed by atoms with Crippen molar-refractivity contribution in [3.63, 3.8) is 0 Å². The van der Waals surface area contributed by atoms with Gasteiger partial charge in [0, 0.05) is 18.8 Å². The first-order valence-electron chi connectivity index (χ1n) is 5.48. The molecule has 2 atom stereocenters. The molecule has 0 saturated heterocycles. The van der Waals surface area contributed by atoms with E-state index in [4.69, 9.17) is 0 Å². The van der Waals surface area contributed by atoms with Gasteiger partial charge >= 0.3 is 0 Å². The maximum atomic E-state index is 4.30. The Labute approximate surface area is 85.7 Å². The van der Waals surface area contributed by atoms with Crippen LogP contribution in [0.25, 0.3) is 0 Å². The quantitative estimate of drug-likeness (QED) is 0.791. The van der Waals surface area contributed by atoms with Crippen LogP contribution >= 0.6 is 0 Å². The summed E-state index contributed by atoms with van der Waals surface area (Å²) in [5.41, 5.74) is 1.15. The van der Waals surface area contributed by atoms with E-state index in [1.165, 1.54) is 19.3 Å². The van der Waals surface area contributed by atoms with Crippen LogP contribution in [0.5, 0.6) is 0 Å². The Balaban J connectivity index is 1.78. The monoisotopic (exact) mass is 190 g/mol. The number of rotatable bonds is 3. The molecule has 0 amide bonds. The van der Waals surface area contributed by atoms with Crippen LogP contribution in [0.1, 0.15) is 31.9 Å². The van der Waals surface area contributed by atoms with Crippen LogP contribution in [0.3, 0.4) is 0 Å². The fraction of sp³-hybridized carbons (Fsp3) is 0.583. The highest BCUT2D eigenvalue weighted by atomic mass is 14.9. The molecule has 1 aromatic heterocycles. The normalized spacial score (nSPS) is 26.6. The van der Waals surface area contributed by atoms with Gasteiger partial charge in [0.15, 0.2) is 0 Å². The van der Waals surface area contributed by atoms with Gasteiger partial charge in [-0.15, -0.1) is 0 Å². The second kappa shape index (κ2) is 4.56. The minimum Gasteiger partial charge on any atom is -0.308 e. The van der Waals surface area contributed by atoms with Gasteiger partial charge in [-0.3, -0.25) is 4.98 Å².